The van der Waals surface area contributed by atoms with E-state index >= 15 is 0 Å². The van der Waals surface area contributed by atoms with Gasteiger partial charge in [-0.15, -0.1) is 0 Å². The Hall–Kier alpha value is -1.52. The standard InChI is InChI=1S/C13H12ClFN2O/c1-8-16-5-4-12(17-8)13(18)6-9-2-3-10(15)7-11(9)14/h2-5,7,13,18H,6H2,1H3. The second kappa shape index (κ2) is 5.42. The smallest absolute Gasteiger partial charge is 0.125 e. The summed E-state index contributed by atoms with van der Waals surface area (Å²) in [7, 11) is 0. The minimum Gasteiger partial charge on any atom is -0.386 e. The highest BCUT2D eigenvalue weighted by Gasteiger charge is 2.13. The number of nitrogens with zero attached hydrogens (tertiary/aromatic N) is 2. The van der Waals surface area contributed by atoms with Crippen LogP contribution in [0.1, 0.15) is 23.2 Å². The lowest BCUT2D eigenvalue weighted by Gasteiger charge is -2.11. The van der Waals surface area contributed by atoms with Crippen molar-refractivity contribution in [3.63, 3.8) is 0 Å². The molecule has 0 amide bonds. The van der Waals surface area contributed by atoms with Crippen LogP contribution < -0.4 is 0 Å². The van der Waals surface area contributed by atoms with Crippen LogP contribution in [0.2, 0.25) is 5.02 Å². The molecule has 0 radical (unpaired) electrons. The van der Waals surface area contributed by atoms with E-state index in [1.165, 1.54) is 12.1 Å². The van der Waals surface area contributed by atoms with Crippen LogP contribution in [0.4, 0.5) is 4.39 Å². The average molecular weight is 267 g/mol. The molecule has 18 heavy (non-hydrogen) atoms. The lowest BCUT2D eigenvalue weighted by molar-refractivity contribution is 0.173. The third kappa shape index (κ3) is 3.03. The number of hydrogen-bond donors (Lipinski definition) is 1. The number of halogens is 2. The van der Waals surface area contributed by atoms with Gasteiger partial charge in [-0.3, -0.25) is 0 Å². The van der Waals surface area contributed by atoms with Gasteiger partial charge in [-0.1, -0.05) is 17.7 Å². The van der Waals surface area contributed by atoms with Gasteiger partial charge in [0.05, 0.1) is 5.69 Å². The third-order valence-corrected chi connectivity index (χ3v) is 2.92. The summed E-state index contributed by atoms with van der Waals surface area (Å²) >= 11 is 5.91. The number of rotatable bonds is 3. The van der Waals surface area contributed by atoms with E-state index in [9.17, 15) is 9.50 Å². The first-order valence-corrected chi connectivity index (χ1v) is 5.85. The first-order chi connectivity index (χ1) is 8.56. The normalized spacial score (nSPS) is 12.4. The van der Waals surface area contributed by atoms with Gasteiger partial charge in [0.25, 0.3) is 0 Å². The van der Waals surface area contributed by atoms with Crippen LogP contribution in [0.3, 0.4) is 0 Å². The Morgan fingerprint density at radius 1 is 1.39 bits per heavy atom. The minimum absolute atomic E-state index is 0.287. The Kier molecular flexibility index (Phi) is 3.89. The van der Waals surface area contributed by atoms with Crippen molar-refractivity contribution in [3.8, 4) is 0 Å². The number of aliphatic hydroxyl groups is 1. The van der Waals surface area contributed by atoms with Crippen LogP contribution in [0.15, 0.2) is 30.5 Å². The van der Waals surface area contributed by atoms with Gasteiger partial charge in [0.1, 0.15) is 17.7 Å². The first kappa shape index (κ1) is 12.9. The van der Waals surface area contributed by atoms with Gasteiger partial charge in [-0.25, -0.2) is 14.4 Å². The zero-order valence-electron chi connectivity index (χ0n) is 9.77. The molecule has 0 saturated carbocycles. The van der Waals surface area contributed by atoms with Gasteiger partial charge in [0, 0.05) is 17.6 Å². The molecular formula is C13H12ClFN2O. The maximum absolute atomic E-state index is 12.9. The van der Waals surface area contributed by atoms with Gasteiger partial charge >= 0.3 is 0 Å². The number of aryl methyl sites for hydroxylation is 1. The van der Waals surface area contributed by atoms with Crippen molar-refractivity contribution < 1.29 is 9.50 Å². The van der Waals surface area contributed by atoms with Gasteiger partial charge in [0.2, 0.25) is 0 Å². The third-order valence-electron chi connectivity index (χ3n) is 2.57. The molecule has 1 aromatic heterocycles. The summed E-state index contributed by atoms with van der Waals surface area (Å²) in [5.74, 6) is 0.202. The van der Waals surface area contributed by atoms with E-state index in [0.29, 0.717) is 22.1 Å². The zero-order chi connectivity index (χ0) is 13.1. The summed E-state index contributed by atoms with van der Waals surface area (Å²) in [6.07, 6.45) is 1.09. The van der Waals surface area contributed by atoms with Crippen LogP contribution in [-0.4, -0.2) is 15.1 Å². The van der Waals surface area contributed by atoms with Crippen molar-refractivity contribution in [1.29, 1.82) is 0 Å². The lowest BCUT2D eigenvalue weighted by Crippen LogP contribution is -2.06. The summed E-state index contributed by atoms with van der Waals surface area (Å²) in [4.78, 5) is 8.10. The monoisotopic (exact) mass is 266 g/mol. The molecule has 2 rings (SSSR count). The fraction of sp³-hybridized carbons (Fsp3) is 0.231. The molecule has 94 valence electrons. The minimum atomic E-state index is -0.783. The first-order valence-electron chi connectivity index (χ1n) is 5.48. The number of hydrogen-bond acceptors (Lipinski definition) is 3. The van der Waals surface area contributed by atoms with E-state index in [1.54, 1.807) is 25.3 Å². The Morgan fingerprint density at radius 2 is 2.17 bits per heavy atom. The topological polar surface area (TPSA) is 46.0 Å². The molecule has 0 spiro atoms. The predicted octanol–water partition coefficient (Wildman–Crippen LogP) is 2.85. The quantitative estimate of drug-likeness (QED) is 0.929. The Balaban J connectivity index is 2.18. The molecule has 1 aromatic carbocycles. The molecule has 1 N–H and O–H groups in total. The summed E-state index contributed by atoms with van der Waals surface area (Å²) in [5, 5.41) is 10.4. The van der Waals surface area contributed by atoms with Crippen LogP contribution in [0, 0.1) is 12.7 Å². The van der Waals surface area contributed by atoms with Crippen LogP contribution in [0.25, 0.3) is 0 Å². The molecule has 0 aliphatic heterocycles. The highest BCUT2D eigenvalue weighted by Crippen LogP contribution is 2.23. The van der Waals surface area contributed by atoms with Crippen LogP contribution in [0.5, 0.6) is 0 Å². The van der Waals surface area contributed by atoms with E-state index in [4.69, 9.17) is 11.6 Å². The fourth-order valence-electron chi connectivity index (χ4n) is 1.66. The van der Waals surface area contributed by atoms with Crippen LogP contribution in [-0.2, 0) is 6.42 Å². The SMILES string of the molecule is Cc1nccc(C(O)Cc2ccc(F)cc2Cl)n1. The maximum atomic E-state index is 12.9. The summed E-state index contributed by atoms with van der Waals surface area (Å²) in [5.41, 5.74) is 1.21. The molecule has 0 bridgehead atoms. The van der Waals surface area contributed by atoms with Crippen molar-refractivity contribution in [2.75, 3.05) is 0 Å². The Labute approximate surface area is 109 Å². The number of benzene rings is 1. The van der Waals surface area contributed by atoms with E-state index in [0.717, 1.165) is 0 Å². The number of aliphatic hydroxyl groups excluding tert-OH is 1. The zero-order valence-corrected chi connectivity index (χ0v) is 10.5. The molecule has 1 unspecified atom stereocenters. The second-order valence-corrected chi connectivity index (χ2v) is 4.39. The van der Waals surface area contributed by atoms with Gasteiger partial charge < -0.3 is 5.11 Å². The second-order valence-electron chi connectivity index (χ2n) is 3.98. The fourth-order valence-corrected chi connectivity index (χ4v) is 1.90. The molecule has 0 aliphatic rings. The number of aromatic nitrogens is 2. The molecule has 5 heteroatoms. The molecule has 0 saturated heterocycles. The average Bonchev–Trinajstić information content (AvgIpc) is 2.32. The Morgan fingerprint density at radius 3 is 2.83 bits per heavy atom. The van der Waals surface area contributed by atoms with E-state index in [1.807, 2.05) is 0 Å². The van der Waals surface area contributed by atoms with E-state index in [-0.39, 0.29) is 6.42 Å². The molecule has 0 aliphatic carbocycles. The van der Waals surface area contributed by atoms with Crippen molar-refractivity contribution in [2.24, 2.45) is 0 Å². The molecule has 1 atom stereocenters. The predicted molar refractivity (Wildman–Crippen MR) is 66.8 cm³/mol. The van der Waals surface area contributed by atoms with Crippen molar-refractivity contribution in [1.82, 2.24) is 9.97 Å². The van der Waals surface area contributed by atoms with Crippen LogP contribution >= 0.6 is 11.6 Å². The van der Waals surface area contributed by atoms with E-state index in [2.05, 4.69) is 9.97 Å². The van der Waals surface area contributed by atoms with Crippen molar-refractivity contribution in [2.45, 2.75) is 19.4 Å². The van der Waals surface area contributed by atoms with Crippen molar-refractivity contribution >= 4 is 11.6 Å². The van der Waals surface area contributed by atoms with Gasteiger partial charge in [-0.05, 0) is 30.7 Å². The maximum Gasteiger partial charge on any atom is 0.125 e. The summed E-state index contributed by atoms with van der Waals surface area (Å²) < 4.78 is 12.9. The molecule has 0 fully saturated rings. The highest BCUT2D eigenvalue weighted by atomic mass is 35.5. The molecule has 1 heterocycles. The molecular weight excluding hydrogens is 255 g/mol. The molecule has 3 nitrogen and oxygen atoms in total. The lowest BCUT2D eigenvalue weighted by atomic mass is 10.1. The Bertz CT molecular complexity index is 562. The summed E-state index contributed by atoms with van der Waals surface area (Å²) in [6.45, 7) is 1.75. The largest absolute Gasteiger partial charge is 0.386 e. The summed E-state index contributed by atoms with van der Waals surface area (Å²) in [6, 6.07) is 5.76. The highest BCUT2D eigenvalue weighted by molar-refractivity contribution is 6.31. The van der Waals surface area contributed by atoms with Crippen molar-refractivity contribution in [3.05, 3.63) is 58.4 Å². The van der Waals surface area contributed by atoms with Gasteiger partial charge in [0.15, 0.2) is 0 Å². The van der Waals surface area contributed by atoms with Gasteiger partial charge in [-0.2, -0.15) is 0 Å². The van der Waals surface area contributed by atoms with E-state index < -0.39 is 11.9 Å². The molecule has 2 aromatic rings.